The summed E-state index contributed by atoms with van der Waals surface area (Å²) in [4.78, 5) is 40.3. The largest absolute Gasteiger partial charge is 0.368 e. The molecule has 4 rings (SSSR count). The van der Waals surface area contributed by atoms with E-state index >= 15 is 0 Å². The zero-order chi connectivity index (χ0) is 20.2. The molecule has 29 heavy (non-hydrogen) atoms. The van der Waals surface area contributed by atoms with Crippen molar-refractivity contribution < 1.29 is 9.59 Å². The second kappa shape index (κ2) is 8.46. The Kier molecular flexibility index (Phi) is 5.59. The van der Waals surface area contributed by atoms with Gasteiger partial charge in [0.25, 0.3) is 5.91 Å². The SMILES string of the molecule is Cc1cccc(N2CCN(c3ncc(C(=O)N4CCN(C=O)CC4)cn3)CC2)c1. The van der Waals surface area contributed by atoms with Gasteiger partial charge in [-0.15, -0.1) is 0 Å². The average Bonchev–Trinajstić information content (AvgIpc) is 2.79. The Morgan fingerprint density at radius 3 is 2.21 bits per heavy atom. The smallest absolute Gasteiger partial charge is 0.257 e. The molecule has 0 bridgehead atoms. The van der Waals surface area contributed by atoms with Crippen LogP contribution >= 0.6 is 0 Å². The summed E-state index contributed by atoms with van der Waals surface area (Å²) in [6, 6.07) is 8.56. The summed E-state index contributed by atoms with van der Waals surface area (Å²) in [5, 5.41) is 0. The van der Waals surface area contributed by atoms with Crippen molar-refractivity contribution in [1.29, 1.82) is 0 Å². The molecule has 1 aromatic heterocycles. The topological polar surface area (TPSA) is 72.9 Å². The molecule has 0 atom stereocenters. The van der Waals surface area contributed by atoms with Crippen LogP contribution in [0.2, 0.25) is 0 Å². The third kappa shape index (κ3) is 4.31. The van der Waals surface area contributed by atoms with Gasteiger partial charge in [0.05, 0.1) is 5.56 Å². The number of piperazine rings is 2. The van der Waals surface area contributed by atoms with Crippen LogP contribution in [0.4, 0.5) is 11.6 Å². The third-order valence-electron chi connectivity index (χ3n) is 5.57. The molecule has 0 aliphatic carbocycles. The van der Waals surface area contributed by atoms with E-state index in [1.165, 1.54) is 11.3 Å². The number of carbonyl (C=O) groups excluding carboxylic acids is 2. The van der Waals surface area contributed by atoms with Gasteiger partial charge in [0.2, 0.25) is 12.4 Å². The van der Waals surface area contributed by atoms with Gasteiger partial charge in [0, 0.05) is 70.4 Å². The van der Waals surface area contributed by atoms with Crippen molar-refractivity contribution in [3.63, 3.8) is 0 Å². The number of hydrogen-bond donors (Lipinski definition) is 0. The first-order valence-corrected chi connectivity index (χ1v) is 10.0. The Morgan fingerprint density at radius 1 is 0.931 bits per heavy atom. The number of nitrogens with zero attached hydrogens (tertiary/aromatic N) is 6. The van der Waals surface area contributed by atoms with Gasteiger partial charge in [-0.1, -0.05) is 12.1 Å². The lowest BCUT2D eigenvalue weighted by Crippen LogP contribution is -2.48. The summed E-state index contributed by atoms with van der Waals surface area (Å²) in [6.45, 7) is 7.84. The predicted molar refractivity (Wildman–Crippen MR) is 111 cm³/mol. The highest BCUT2D eigenvalue weighted by Gasteiger charge is 2.23. The maximum absolute atomic E-state index is 12.6. The van der Waals surface area contributed by atoms with Crippen molar-refractivity contribution in [2.24, 2.45) is 0 Å². The fourth-order valence-corrected chi connectivity index (χ4v) is 3.80. The van der Waals surface area contributed by atoms with Crippen LogP contribution < -0.4 is 9.80 Å². The first-order valence-electron chi connectivity index (χ1n) is 10.0. The zero-order valence-corrected chi connectivity index (χ0v) is 16.7. The summed E-state index contributed by atoms with van der Waals surface area (Å²) in [6.07, 6.45) is 4.06. The van der Waals surface area contributed by atoms with Crippen LogP contribution in [0, 0.1) is 6.92 Å². The fourth-order valence-electron chi connectivity index (χ4n) is 3.80. The van der Waals surface area contributed by atoms with Gasteiger partial charge < -0.3 is 19.6 Å². The minimum atomic E-state index is -0.0774. The molecule has 0 spiro atoms. The maximum Gasteiger partial charge on any atom is 0.257 e. The van der Waals surface area contributed by atoms with Gasteiger partial charge in [0.1, 0.15) is 0 Å². The molecular weight excluding hydrogens is 368 g/mol. The molecule has 0 saturated carbocycles. The van der Waals surface area contributed by atoms with E-state index in [1.54, 1.807) is 22.2 Å². The minimum Gasteiger partial charge on any atom is -0.368 e. The lowest BCUT2D eigenvalue weighted by molar-refractivity contribution is -0.119. The summed E-state index contributed by atoms with van der Waals surface area (Å²) in [5.74, 6) is 0.586. The quantitative estimate of drug-likeness (QED) is 0.721. The number of anilines is 2. The monoisotopic (exact) mass is 394 g/mol. The molecule has 2 aliphatic heterocycles. The first-order chi connectivity index (χ1) is 14.1. The number of rotatable bonds is 4. The average molecular weight is 394 g/mol. The Morgan fingerprint density at radius 2 is 1.59 bits per heavy atom. The van der Waals surface area contributed by atoms with Crippen LogP contribution in [0.15, 0.2) is 36.7 Å². The molecule has 8 heteroatoms. The summed E-state index contributed by atoms with van der Waals surface area (Å²) in [5.41, 5.74) is 3.01. The van der Waals surface area contributed by atoms with Gasteiger partial charge in [-0.05, 0) is 24.6 Å². The van der Waals surface area contributed by atoms with Crippen LogP contribution in [-0.2, 0) is 4.79 Å². The first kappa shape index (κ1) is 19.2. The lowest BCUT2D eigenvalue weighted by Gasteiger charge is -2.36. The lowest BCUT2D eigenvalue weighted by atomic mass is 10.2. The number of amides is 2. The highest BCUT2D eigenvalue weighted by molar-refractivity contribution is 5.93. The number of carbonyl (C=O) groups is 2. The highest BCUT2D eigenvalue weighted by Crippen LogP contribution is 2.19. The van der Waals surface area contributed by atoms with Crippen molar-refractivity contribution >= 4 is 24.0 Å². The normalized spacial score (nSPS) is 17.4. The van der Waals surface area contributed by atoms with Gasteiger partial charge in [0.15, 0.2) is 0 Å². The number of aryl methyl sites for hydroxylation is 1. The molecule has 3 heterocycles. The molecule has 1 aromatic carbocycles. The van der Waals surface area contributed by atoms with E-state index in [4.69, 9.17) is 0 Å². The van der Waals surface area contributed by atoms with Crippen molar-refractivity contribution in [3.8, 4) is 0 Å². The van der Waals surface area contributed by atoms with Crippen LogP contribution in [0.1, 0.15) is 15.9 Å². The molecule has 0 unspecified atom stereocenters. The van der Waals surface area contributed by atoms with E-state index in [-0.39, 0.29) is 5.91 Å². The van der Waals surface area contributed by atoms with Gasteiger partial charge in [-0.2, -0.15) is 0 Å². The molecule has 152 valence electrons. The van der Waals surface area contributed by atoms with Crippen LogP contribution in [0.25, 0.3) is 0 Å². The Hall–Kier alpha value is -3.16. The highest BCUT2D eigenvalue weighted by atomic mass is 16.2. The number of benzene rings is 1. The van der Waals surface area contributed by atoms with Crippen LogP contribution in [-0.4, -0.2) is 84.4 Å². The molecule has 0 radical (unpaired) electrons. The molecule has 0 N–H and O–H groups in total. The van der Waals surface area contributed by atoms with Gasteiger partial charge >= 0.3 is 0 Å². The molecule has 2 aliphatic rings. The van der Waals surface area contributed by atoms with E-state index in [0.29, 0.717) is 37.7 Å². The third-order valence-corrected chi connectivity index (χ3v) is 5.57. The van der Waals surface area contributed by atoms with Crippen molar-refractivity contribution in [2.75, 3.05) is 62.2 Å². The Labute approximate surface area is 170 Å². The maximum atomic E-state index is 12.6. The van der Waals surface area contributed by atoms with Crippen LogP contribution in [0.5, 0.6) is 0 Å². The predicted octanol–water partition coefficient (Wildman–Crippen LogP) is 1.03. The zero-order valence-electron chi connectivity index (χ0n) is 16.7. The van der Waals surface area contributed by atoms with E-state index in [9.17, 15) is 9.59 Å². The minimum absolute atomic E-state index is 0.0774. The summed E-state index contributed by atoms with van der Waals surface area (Å²) in [7, 11) is 0. The summed E-state index contributed by atoms with van der Waals surface area (Å²) >= 11 is 0. The Balaban J connectivity index is 1.34. The van der Waals surface area contributed by atoms with Crippen molar-refractivity contribution in [2.45, 2.75) is 6.92 Å². The van der Waals surface area contributed by atoms with Crippen molar-refractivity contribution in [1.82, 2.24) is 19.8 Å². The number of hydrogen-bond acceptors (Lipinski definition) is 6. The summed E-state index contributed by atoms with van der Waals surface area (Å²) < 4.78 is 0. The van der Waals surface area contributed by atoms with Crippen molar-refractivity contribution in [3.05, 3.63) is 47.8 Å². The van der Waals surface area contributed by atoms with E-state index in [0.717, 1.165) is 32.6 Å². The fraction of sp³-hybridized carbons (Fsp3) is 0.429. The molecule has 2 fully saturated rings. The number of aromatic nitrogens is 2. The molecule has 2 saturated heterocycles. The van der Waals surface area contributed by atoms with E-state index < -0.39 is 0 Å². The molecular formula is C21H26N6O2. The molecule has 8 nitrogen and oxygen atoms in total. The standard InChI is InChI=1S/C21H26N6O2/c1-17-3-2-4-19(13-17)25-9-11-27(12-10-25)21-22-14-18(15-23-21)20(29)26-7-5-24(16-28)6-8-26/h2-4,13-16H,5-12H2,1H3. The molecule has 2 aromatic rings. The van der Waals surface area contributed by atoms with Crippen LogP contribution in [0.3, 0.4) is 0 Å². The second-order valence-corrected chi connectivity index (χ2v) is 7.52. The molecule has 2 amide bonds. The van der Waals surface area contributed by atoms with E-state index in [2.05, 4.69) is 51.0 Å². The van der Waals surface area contributed by atoms with Gasteiger partial charge in [-0.25, -0.2) is 9.97 Å². The van der Waals surface area contributed by atoms with Gasteiger partial charge in [-0.3, -0.25) is 9.59 Å². The van der Waals surface area contributed by atoms with E-state index in [1.807, 2.05) is 0 Å². The Bertz CT molecular complexity index is 856. The second-order valence-electron chi connectivity index (χ2n) is 7.52.